The smallest absolute Gasteiger partial charge is 0.287 e. The summed E-state index contributed by atoms with van der Waals surface area (Å²) >= 11 is 1.48. The summed E-state index contributed by atoms with van der Waals surface area (Å²) in [6.45, 7) is 2.12. The lowest BCUT2D eigenvalue weighted by Crippen LogP contribution is -2.27. The summed E-state index contributed by atoms with van der Waals surface area (Å²) in [4.78, 5) is 12.4. The highest BCUT2D eigenvalue weighted by Crippen LogP contribution is 2.23. The average Bonchev–Trinajstić information content (AvgIpc) is 2.95. The molecule has 0 bridgehead atoms. The van der Waals surface area contributed by atoms with E-state index < -0.39 is 6.10 Å². The van der Waals surface area contributed by atoms with Crippen LogP contribution in [-0.4, -0.2) is 17.6 Å². The molecule has 0 aliphatic carbocycles. The van der Waals surface area contributed by atoms with Crippen molar-refractivity contribution >= 4 is 17.2 Å². The van der Waals surface area contributed by atoms with Crippen LogP contribution in [0.4, 0.5) is 0 Å². The number of aliphatic hydroxyl groups is 1. The van der Waals surface area contributed by atoms with Crippen LogP contribution in [-0.2, 0) is 0 Å². The quantitative estimate of drug-likeness (QED) is 0.874. The van der Waals surface area contributed by atoms with Crippen molar-refractivity contribution < 1.29 is 14.3 Å². The molecule has 0 aromatic carbocycles. The largest absolute Gasteiger partial charge is 0.459 e. The second kappa shape index (κ2) is 5.16. The van der Waals surface area contributed by atoms with Crippen molar-refractivity contribution in [3.05, 3.63) is 46.0 Å². The van der Waals surface area contributed by atoms with E-state index in [2.05, 4.69) is 5.32 Å². The first-order valence-electron chi connectivity index (χ1n) is 5.22. The Morgan fingerprint density at radius 3 is 3.00 bits per heavy atom. The van der Waals surface area contributed by atoms with Crippen LogP contribution in [0, 0.1) is 6.92 Å². The van der Waals surface area contributed by atoms with E-state index in [1.54, 1.807) is 12.1 Å². The Hall–Kier alpha value is -1.59. The number of rotatable bonds is 4. The van der Waals surface area contributed by atoms with Gasteiger partial charge in [0.2, 0.25) is 0 Å². The van der Waals surface area contributed by atoms with Gasteiger partial charge in [0.15, 0.2) is 5.76 Å². The third-order valence-corrected chi connectivity index (χ3v) is 3.53. The molecule has 0 aliphatic heterocycles. The van der Waals surface area contributed by atoms with Crippen molar-refractivity contribution in [3.63, 3.8) is 0 Å². The van der Waals surface area contributed by atoms with E-state index in [0.717, 1.165) is 10.4 Å². The van der Waals surface area contributed by atoms with Gasteiger partial charge in [-0.25, -0.2) is 0 Å². The van der Waals surface area contributed by atoms with Gasteiger partial charge in [-0.05, 0) is 36.1 Å². The molecule has 1 amide bonds. The van der Waals surface area contributed by atoms with Crippen molar-refractivity contribution in [1.82, 2.24) is 5.32 Å². The van der Waals surface area contributed by atoms with E-state index in [1.165, 1.54) is 17.6 Å². The van der Waals surface area contributed by atoms with Gasteiger partial charge in [0.1, 0.15) is 6.10 Å². The summed E-state index contributed by atoms with van der Waals surface area (Å²) < 4.78 is 4.95. The van der Waals surface area contributed by atoms with Gasteiger partial charge in [0.25, 0.3) is 5.91 Å². The second-order valence-electron chi connectivity index (χ2n) is 3.67. The van der Waals surface area contributed by atoms with Crippen LogP contribution >= 0.6 is 11.3 Å². The van der Waals surface area contributed by atoms with Gasteiger partial charge in [0.05, 0.1) is 6.26 Å². The van der Waals surface area contributed by atoms with Gasteiger partial charge in [0, 0.05) is 11.4 Å². The van der Waals surface area contributed by atoms with Gasteiger partial charge in [-0.2, -0.15) is 0 Å². The third kappa shape index (κ3) is 2.75. The molecule has 0 radical (unpaired) electrons. The number of aliphatic hydroxyl groups excluding tert-OH is 1. The highest BCUT2D eigenvalue weighted by molar-refractivity contribution is 7.10. The second-order valence-corrected chi connectivity index (χ2v) is 4.62. The minimum absolute atomic E-state index is 0.181. The van der Waals surface area contributed by atoms with Crippen LogP contribution in [0.1, 0.15) is 27.1 Å². The fourth-order valence-electron chi connectivity index (χ4n) is 1.50. The lowest BCUT2D eigenvalue weighted by atomic mass is 10.2. The van der Waals surface area contributed by atoms with Crippen LogP contribution in [0.3, 0.4) is 0 Å². The predicted molar refractivity (Wildman–Crippen MR) is 65.1 cm³/mol. The summed E-state index contributed by atoms with van der Waals surface area (Å²) in [6, 6.07) is 5.17. The molecule has 0 unspecified atom stereocenters. The Morgan fingerprint density at radius 1 is 1.59 bits per heavy atom. The maximum Gasteiger partial charge on any atom is 0.287 e. The molecule has 0 saturated carbocycles. The molecule has 17 heavy (non-hydrogen) atoms. The maximum atomic E-state index is 11.6. The summed E-state index contributed by atoms with van der Waals surface area (Å²) in [5.41, 5.74) is 1.04. The zero-order valence-electron chi connectivity index (χ0n) is 9.34. The van der Waals surface area contributed by atoms with Gasteiger partial charge in [-0.3, -0.25) is 4.79 Å². The van der Waals surface area contributed by atoms with Gasteiger partial charge >= 0.3 is 0 Å². The van der Waals surface area contributed by atoms with Crippen LogP contribution in [0.5, 0.6) is 0 Å². The van der Waals surface area contributed by atoms with Gasteiger partial charge < -0.3 is 14.8 Å². The van der Waals surface area contributed by atoms with Crippen molar-refractivity contribution in [3.8, 4) is 0 Å². The molecule has 1 atom stereocenters. The van der Waals surface area contributed by atoms with Crippen LogP contribution < -0.4 is 5.32 Å². The van der Waals surface area contributed by atoms with Crippen molar-refractivity contribution in [2.45, 2.75) is 13.0 Å². The summed E-state index contributed by atoms with van der Waals surface area (Å²) in [5, 5.41) is 14.4. The lowest BCUT2D eigenvalue weighted by molar-refractivity contribution is 0.0890. The Morgan fingerprint density at radius 2 is 2.41 bits per heavy atom. The first-order chi connectivity index (χ1) is 8.18. The number of thiophene rings is 1. The number of amides is 1. The summed E-state index contributed by atoms with van der Waals surface area (Å²) in [7, 11) is 0. The van der Waals surface area contributed by atoms with Crippen LogP contribution in [0.15, 0.2) is 34.3 Å². The minimum atomic E-state index is -0.672. The van der Waals surface area contributed by atoms with Crippen molar-refractivity contribution in [1.29, 1.82) is 0 Å². The van der Waals surface area contributed by atoms with Gasteiger partial charge in [-0.1, -0.05) is 0 Å². The molecular formula is C12H13NO3S. The van der Waals surface area contributed by atoms with E-state index in [9.17, 15) is 9.90 Å². The molecular weight excluding hydrogens is 238 g/mol. The number of furan rings is 1. The predicted octanol–water partition coefficient (Wildman–Crippen LogP) is 2.11. The Bertz CT molecular complexity index is 490. The zero-order chi connectivity index (χ0) is 12.3. The molecule has 0 saturated heterocycles. The fourth-order valence-corrected chi connectivity index (χ4v) is 2.42. The number of nitrogens with one attached hydrogen (secondary N) is 1. The molecule has 0 aliphatic rings. The van der Waals surface area contributed by atoms with Crippen LogP contribution in [0.25, 0.3) is 0 Å². The molecule has 0 fully saturated rings. The Kier molecular flexibility index (Phi) is 3.61. The van der Waals surface area contributed by atoms with E-state index >= 15 is 0 Å². The monoisotopic (exact) mass is 251 g/mol. The molecule has 2 heterocycles. The van der Waals surface area contributed by atoms with Crippen molar-refractivity contribution in [2.75, 3.05) is 6.54 Å². The zero-order valence-corrected chi connectivity index (χ0v) is 10.2. The molecule has 2 N–H and O–H groups in total. The number of carbonyl (C=O) groups excluding carboxylic acids is 1. The Balaban J connectivity index is 1.91. The standard InChI is InChI=1S/C12H13NO3S/c1-8-4-6-17-11(8)9(14)7-13-12(15)10-3-2-5-16-10/h2-6,9,14H,7H2,1H3,(H,13,15)/t9-/m0/s1. The molecule has 4 nitrogen and oxygen atoms in total. The molecule has 90 valence electrons. The van der Waals surface area contributed by atoms with E-state index in [0.29, 0.717) is 0 Å². The molecule has 2 rings (SSSR count). The normalized spacial score (nSPS) is 12.4. The molecule has 5 heteroatoms. The van der Waals surface area contributed by atoms with Crippen molar-refractivity contribution in [2.24, 2.45) is 0 Å². The first-order valence-corrected chi connectivity index (χ1v) is 6.10. The van der Waals surface area contributed by atoms with E-state index in [4.69, 9.17) is 4.42 Å². The SMILES string of the molecule is Cc1ccsc1[C@@H](O)CNC(=O)c1ccco1. The number of aryl methyl sites for hydroxylation is 1. The lowest BCUT2D eigenvalue weighted by Gasteiger charge is -2.10. The molecule has 2 aromatic heterocycles. The van der Waals surface area contributed by atoms with E-state index in [1.807, 2.05) is 18.4 Å². The highest BCUT2D eigenvalue weighted by Gasteiger charge is 2.14. The Labute approximate surface area is 103 Å². The van der Waals surface area contributed by atoms with E-state index in [-0.39, 0.29) is 18.2 Å². The third-order valence-electron chi connectivity index (χ3n) is 2.41. The number of hydrogen-bond acceptors (Lipinski definition) is 4. The number of carbonyl (C=O) groups is 1. The summed E-state index contributed by atoms with van der Waals surface area (Å²) in [5.74, 6) is -0.0663. The summed E-state index contributed by atoms with van der Waals surface area (Å²) in [6.07, 6.45) is 0.767. The topological polar surface area (TPSA) is 62.5 Å². The van der Waals surface area contributed by atoms with Crippen LogP contribution in [0.2, 0.25) is 0 Å². The molecule has 0 spiro atoms. The average molecular weight is 251 g/mol. The molecule has 2 aromatic rings. The first kappa shape index (κ1) is 11.9. The maximum absolute atomic E-state index is 11.6. The minimum Gasteiger partial charge on any atom is -0.459 e. The number of hydrogen-bond donors (Lipinski definition) is 2. The fraction of sp³-hybridized carbons (Fsp3) is 0.250. The van der Waals surface area contributed by atoms with Gasteiger partial charge in [-0.15, -0.1) is 11.3 Å². The highest BCUT2D eigenvalue weighted by atomic mass is 32.1.